The summed E-state index contributed by atoms with van der Waals surface area (Å²) < 4.78 is 63.1. The number of nitrogens with zero attached hydrogens (tertiary/aromatic N) is 9. The van der Waals surface area contributed by atoms with Crippen LogP contribution in [-0.4, -0.2) is 70.2 Å². The number of amides is 1. The number of halogens is 5. The van der Waals surface area contributed by atoms with Crippen LogP contribution in [0.3, 0.4) is 0 Å². The van der Waals surface area contributed by atoms with E-state index in [1.807, 2.05) is 20.8 Å². The Morgan fingerprint density at radius 3 is 2.41 bits per heavy atom. The molecule has 2 aliphatic carbocycles. The quantitative estimate of drug-likeness (QED) is 0.115. The maximum atomic E-state index is 15.0. The predicted molar refractivity (Wildman–Crippen MR) is 188 cm³/mol. The van der Waals surface area contributed by atoms with E-state index in [1.165, 1.54) is 23.1 Å². The minimum absolute atomic E-state index is 0.00628. The normalized spacial score (nSPS) is 20.4. The van der Waals surface area contributed by atoms with Gasteiger partial charge in [-0.05, 0) is 72.9 Å². The fourth-order valence-electron chi connectivity index (χ4n) is 7.00. The van der Waals surface area contributed by atoms with Crippen molar-refractivity contribution in [1.82, 2.24) is 39.9 Å². The number of ether oxygens (including phenoxy) is 1. The first-order chi connectivity index (χ1) is 25.4. The summed E-state index contributed by atoms with van der Waals surface area (Å²) in [6.07, 6.45) is -0.0723. The Hall–Kier alpha value is -4.93. The Labute approximate surface area is 312 Å². The molecule has 2 fully saturated rings. The van der Waals surface area contributed by atoms with Gasteiger partial charge in [-0.2, -0.15) is 9.90 Å². The number of rotatable bonds is 13. The summed E-state index contributed by atoms with van der Waals surface area (Å²) in [5.74, 6) is -5.00. The molecule has 0 unspecified atom stereocenters. The van der Waals surface area contributed by atoms with E-state index in [0.29, 0.717) is 17.0 Å². The smallest absolute Gasteiger partial charge is 0.306 e. The molecule has 3 aliphatic rings. The molecule has 18 heteroatoms. The van der Waals surface area contributed by atoms with Crippen LogP contribution in [0.2, 0.25) is 5.02 Å². The van der Waals surface area contributed by atoms with Gasteiger partial charge in [0.05, 0.1) is 29.2 Å². The van der Waals surface area contributed by atoms with Crippen molar-refractivity contribution in [2.75, 3.05) is 6.61 Å². The Kier molecular flexibility index (Phi) is 9.29. The molecular weight excluding hydrogens is 732 g/mol. The highest BCUT2D eigenvalue weighted by Crippen LogP contribution is 2.59. The second-order valence-corrected chi connectivity index (χ2v) is 16.0. The minimum Gasteiger partial charge on any atom is -0.463 e. The van der Waals surface area contributed by atoms with Crippen LogP contribution in [0.25, 0.3) is 17.1 Å². The number of aromatic nitrogens is 7. The van der Waals surface area contributed by atoms with Crippen molar-refractivity contribution in [3.8, 4) is 17.1 Å². The van der Waals surface area contributed by atoms with Crippen LogP contribution >= 0.6 is 11.6 Å². The number of guanidine groups is 1. The van der Waals surface area contributed by atoms with Crippen molar-refractivity contribution in [3.63, 3.8) is 0 Å². The number of tetrazole rings is 1. The third kappa shape index (κ3) is 7.05. The summed E-state index contributed by atoms with van der Waals surface area (Å²) in [6.45, 7) is 6.10. The molecule has 2 aromatic heterocycles. The lowest BCUT2D eigenvalue weighted by Crippen LogP contribution is -2.47. The van der Waals surface area contributed by atoms with Crippen molar-refractivity contribution in [2.24, 2.45) is 21.6 Å². The van der Waals surface area contributed by atoms with Crippen molar-refractivity contribution < 1.29 is 31.9 Å². The average Bonchev–Trinajstić information content (AvgIpc) is 3.97. The number of nitrogens with two attached hydrogens (primary N) is 1. The van der Waals surface area contributed by atoms with Crippen LogP contribution < -0.4 is 5.73 Å². The zero-order valence-corrected chi connectivity index (χ0v) is 30.8. The van der Waals surface area contributed by atoms with Crippen LogP contribution in [0, 0.1) is 10.8 Å². The largest absolute Gasteiger partial charge is 0.463 e. The lowest BCUT2D eigenvalue weighted by molar-refractivity contribution is -0.153. The highest BCUT2D eigenvalue weighted by atomic mass is 35.5. The molecule has 3 heterocycles. The van der Waals surface area contributed by atoms with Gasteiger partial charge in [-0.15, -0.1) is 10.2 Å². The van der Waals surface area contributed by atoms with Crippen LogP contribution in [0.5, 0.6) is 0 Å². The minimum atomic E-state index is -3.11. The number of carbonyl (C=O) groups is 2. The molecule has 54 heavy (non-hydrogen) atoms. The molecule has 13 nitrogen and oxygen atoms in total. The molecular formula is C36H39ClF4N10O3. The molecule has 4 aromatic rings. The molecule has 2 saturated carbocycles. The van der Waals surface area contributed by atoms with E-state index in [0.717, 1.165) is 30.8 Å². The van der Waals surface area contributed by atoms with Gasteiger partial charge in [0.25, 0.3) is 18.3 Å². The number of hydrogen-bond acceptors (Lipinski definition) is 10. The number of esters is 1. The molecule has 7 rings (SSSR count). The maximum absolute atomic E-state index is 15.0. The van der Waals surface area contributed by atoms with Crippen LogP contribution in [0.15, 0.2) is 53.8 Å². The third-order valence-corrected chi connectivity index (χ3v) is 10.5. The van der Waals surface area contributed by atoms with Crippen molar-refractivity contribution in [3.05, 3.63) is 70.8 Å². The molecule has 0 spiro atoms. The molecule has 286 valence electrons. The van der Waals surface area contributed by atoms with Gasteiger partial charge in [-0.25, -0.2) is 32.2 Å². The summed E-state index contributed by atoms with van der Waals surface area (Å²) in [7, 11) is 0. The average molecular weight is 771 g/mol. The second kappa shape index (κ2) is 13.4. The molecule has 1 amide bonds. The van der Waals surface area contributed by atoms with Crippen LogP contribution in [-0.2, 0) is 19.9 Å². The summed E-state index contributed by atoms with van der Waals surface area (Å²) in [6, 6.07) is 10.4. The van der Waals surface area contributed by atoms with Gasteiger partial charge in [0.1, 0.15) is 12.9 Å². The van der Waals surface area contributed by atoms with E-state index in [1.54, 1.807) is 29.1 Å². The number of hydrogen-bond donors (Lipinski definition) is 1. The van der Waals surface area contributed by atoms with Crippen molar-refractivity contribution in [2.45, 2.75) is 96.2 Å². The van der Waals surface area contributed by atoms with E-state index in [9.17, 15) is 22.4 Å². The zero-order chi connectivity index (χ0) is 38.8. The fourth-order valence-corrected chi connectivity index (χ4v) is 7.19. The lowest BCUT2D eigenvalue weighted by atomic mass is 9.75. The fraction of sp³-hybridized carbons (Fsp3) is 0.500. The topological polar surface area (TPSA) is 159 Å². The first-order valence-corrected chi connectivity index (χ1v) is 17.9. The van der Waals surface area contributed by atoms with Gasteiger partial charge in [0.2, 0.25) is 5.82 Å². The highest BCUT2D eigenvalue weighted by molar-refractivity contribution is 6.32. The third-order valence-electron chi connectivity index (χ3n) is 10.2. The Balaban J connectivity index is 1.26. The number of aliphatic imine (C=N–C) groups is 1. The molecule has 2 atom stereocenters. The summed E-state index contributed by atoms with van der Waals surface area (Å²) in [4.78, 5) is 39.4. The first kappa shape index (κ1) is 37.4. The van der Waals surface area contributed by atoms with Gasteiger partial charge in [-0.1, -0.05) is 62.7 Å². The molecule has 1 aliphatic heterocycles. The van der Waals surface area contributed by atoms with Gasteiger partial charge < -0.3 is 10.5 Å². The van der Waals surface area contributed by atoms with E-state index >= 15 is 4.79 Å². The molecule has 2 aromatic carbocycles. The van der Waals surface area contributed by atoms with E-state index in [-0.39, 0.29) is 47.5 Å². The zero-order valence-electron chi connectivity index (χ0n) is 30.0. The summed E-state index contributed by atoms with van der Waals surface area (Å²) in [5.41, 5.74) is 4.57. The standard InChI is InChI=1S/C36H39ClF4N10O3/c1-33(2,3)18-36(22-8-5-20(6-9-22)29-46-48-51(47-29)23-10-11-23)31(53)49(32(42)45-36)26(17-54-27(52)16-35(13-14-35)34(4,40)41)21-7-12-24(37)25(15-21)50-30(28(38)39)43-19-44-50/h5-9,12,15,19,23,26,28H,10-11,13-14,16-18H2,1-4H3,(H2,42,45)/t26-,36-/m1/s1. The Morgan fingerprint density at radius 2 is 1.80 bits per heavy atom. The van der Waals surface area contributed by atoms with Gasteiger partial charge in [-0.3, -0.25) is 14.5 Å². The lowest BCUT2D eigenvalue weighted by Gasteiger charge is -2.35. The number of carbonyl (C=O) groups excluding carboxylic acids is 2. The Morgan fingerprint density at radius 1 is 1.09 bits per heavy atom. The van der Waals surface area contributed by atoms with Gasteiger partial charge >= 0.3 is 5.97 Å². The molecule has 0 bridgehead atoms. The first-order valence-electron chi connectivity index (χ1n) is 17.5. The van der Waals surface area contributed by atoms with Gasteiger partial charge in [0, 0.05) is 11.0 Å². The summed E-state index contributed by atoms with van der Waals surface area (Å²) >= 11 is 6.48. The molecule has 2 N–H and O–H groups in total. The van der Waals surface area contributed by atoms with E-state index in [4.69, 9.17) is 27.1 Å². The van der Waals surface area contributed by atoms with E-state index in [2.05, 4.69) is 25.5 Å². The van der Waals surface area contributed by atoms with Gasteiger partial charge in [0.15, 0.2) is 17.3 Å². The molecule has 0 saturated heterocycles. The van der Waals surface area contributed by atoms with Crippen LogP contribution in [0.1, 0.15) is 102 Å². The number of alkyl halides is 4. The van der Waals surface area contributed by atoms with Crippen molar-refractivity contribution >= 4 is 29.4 Å². The van der Waals surface area contributed by atoms with E-state index < -0.39 is 65.5 Å². The SMILES string of the molecule is CC(C)(C)C[C@]1(c2ccc(-c3nnn(C4CC4)n3)cc2)N=C(N)N([C@H](COC(=O)CC2(C(C)(F)F)CC2)c2ccc(Cl)c(-n3ncnc3C(F)F)c2)C1=O. The highest BCUT2D eigenvalue weighted by Gasteiger charge is 2.60. The molecule has 0 radical (unpaired) electrons. The van der Waals surface area contributed by atoms with Crippen molar-refractivity contribution in [1.29, 1.82) is 0 Å². The Bertz CT molecular complexity index is 2100. The predicted octanol–water partition coefficient (Wildman–Crippen LogP) is 6.75. The van der Waals surface area contributed by atoms with Crippen LogP contribution in [0.4, 0.5) is 17.6 Å². The monoisotopic (exact) mass is 770 g/mol. The second-order valence-electron chi connectivity index (χ2n) is 15.6. The summed E-state index contributed by atoms with van der Waals surface area (Å²) in [5, 5.41) is 16.8. The maximum Gasteiger partial charge on any atom is 0.306 e. The number of benzene rings is 2.